The van der Waals surface area contributed by atoms with E-state index in [4.69, 9.17) is 4.74 Å². The van der Waals surface area contributed by atoms with Gasteiger partial charge in [0, 0.05) is 23.7 Å². The second kappa shape index (κ2) is 12.3. The molecule has 3 aromatic rings. The number of benzene rings is 2. The molecule has 1 fully saturated rings. The molecule has 5 rings (SSSR count). The number of aromatic nitrogens is 1. The van der Waals surface area contributed by atoms with Crippen LogP contribution < -0.4 is 16.1 Å². The molecule has 0 saturated carbocycles. The highest BCUT2D eigenvalue weighted by molar-refractivity contribution is 5.93. The highest BCUT2D eigenvalue weighted by atomic mass is 16.5. The Morgan fingerprint density at radius 1 is 0.976 bits per heavy atom. The standard InChI is InChI=1S/C32H37N5O5/c1-18(2)29-30(39)34-19(3)31(40)37-12-6-9-26(36-37)32(41)42-20(4)22-10-11-24-17-33-27(16-25(24)15-22)23-8-5-7-21(13-23)14-28(38)35-29/h5,7-8,10-11,13,15-20,26,29,36H,6,9,12,14H2,1-4H3,(H,34,39)(H,35,38). The number of amides is 3. The van der Waals surface area contributed by atoms with Gasteiger partial charge in [0.15, 0.2) is 0 Å². The highest BCUT2D eigenvalue weighted by Gasteiger charge is 2.34. The fourth-order valence-electron chi connectivity index (χ4n) is 5.39. The van der Waals surface area contributed by atoms with Gasteiger partial charge in [-0.1, -0.05) is 44.2 Å². The first-order chi connectivity index (χ1) is 20.1. The number of carbonyl (C=O) groups is 4. The zero-order chi connectivity index (χ0) is 30.0. The van der Waals surface area contributed by atoms with Gasteiger partial charge in [-0.3, -0.25) is 29.2 Å². The fourth-order valence-corrected chi connectivity index (χ4v) is 5.39. The molecular formula is C32H37N5O5. The lowest BCUT2D eigenvalue weighted by Crippen LogP contribution is -2.61. The average Bonchev–Trinajstić information content (AvgIpc) is 2.98. The second-order valence-corrected chi connectivity index (χ2v) is 11.5. The molecule has 10 heteroatoms. The molecule has 3 amide bonds. The molecule has 2 aliphatic heterocycles. The molecule has 4 unspecified atom stereocenters. The lowest BCUT2D eigenvalue weighted by atomic mass is 10.0. The molecular weight excluding hydrogens is 534 g/mol. The molecule has 1 saturated heterocycles. The van der Waals surface area contributed by atoms with Crippen LogP contribution in [0.2, 0.25) is 0 Å². The minimum Gasteiger partial charge on any atom is -0.457 e. The number of pyridine rings is 1. The lowest BCUT2D eigenvalue weighted by molar-refractivity contribution is -0.157. The van der Waals surface area contributed by atoms with E-state index in [0.717, 1.165) is 33.2 Å². The van der Waals surface area contributed by atoms with Crippen molar-refractivity contribution in [3.05, 3.63) is 65.9 Å². The number of carbonyl (C=O) groups excluding carboxylic acids is 4. The molecule has 0 aliphatic carbocycles. The lowest BCUT2D eigenvalue weighted by Gasteiger charge is -2.35. The van der Waals surface area contributed by atoms with E-state index in [1.807, 2.05) is 69.3 Å². The zero-order valence-electron chi connectivity index (χ0n) is 24.3. The van der Waals surface area contributed by atoms with E-state index < -0.39 is 36.1 Å². The minimum atomic E-state index is -0.875. The summed E-state index contributed by atoms with van der Waals surface area (Å²) in [6.07, 6.45) is 2.48. The Balaban J connectivity index is 1.50. The molecule has 2 aliphatic rings. The Labute approximate surface area is 245 Å². The first-order valence-corrected chi connectivity index (χ1v) is 14.5. The molecule has 7 bridgehead atoms. The van der Waals surface area contributed by atoms with Crippen molar-refractivity contribution in [1.82, 2.24) is 26.1 Å². The summed E-state index contributed by atoms with van der Waals surface area (Å²) in [6.45, 7) is 7.48. The Hall–Kier alpha value is -4.31. The number of ether oxygens (including phenoxy) is 1. The third-order valence-electron chi connectivity index (χ3n) is 7.83. The first kappa shape index (κ1) is 29.2. The minimum absolute atomic E-state index is 0.0819. The first-order valence-electron chi connectivity index (χ1n) is 14.5. The molecule has 1 aromatic heterocycles. The van der Waals surface area contributed by atoms with Crippen molar-refractivity contribution < 1.29 is 23.9 Å². The van der Waals surface area contributed by atoms with Crippen LogP contribution >= 0.6 is 0 Å². The highest BCUT2D eigenvalue weighted by Crippen LogP contribution is 2.27. The average molecular weight is 572 g/mol. The van der Waals surface area contributed by atoms with E-state index in [-0.39, 0.29) is 24.2 Å². The van der Waals surface area contributed by atoms with Crippen LogP contribution in [0.15, 0.2) is 54.7 Å². The maximum atomic E-state index is 13.2. The van der Waals surface area contributed by atoms with Crippen LogP contribution in [0.25, 0.3) is 22.0 Å². The van der Waals surface area contributed by atoms with Crippen molar-refractivity contribution in [2.45, 2.75) is 71.2 Å². The smallest absolute Gasteiger partial charge is 0.325 e. The number of hydrazine groups is 1. The van der Waals surface area contributed by atoms with Crippen LogP contribution in [0.3, 0.4) is 0 Å². The predicted octanol–water partition coefficient (Wildman–Crippen LogP) is 3.20. The van der Waals surface area contributed by atoms with E-state index in [1.54, 1.807) is 13.1 Å². The third-order valence-corrected chi connectivity index (χ3v) is 7.83. The summed E-state index contributed by atoms with van der Waals surface area (Å²) in [4.78, 5) is 57.3. The predicted molar refractivity (Wildman–Crippen MR) is 158 cm³/mol. The molecule has 3 heterocycles. The molecule has 2 aromatic carbocycles. The largest absolute Gasteiger partial charge is 0.457 e. The SMILES string of the molecule is CC1NC(=O)C(C(C)C)NC(=O)Cc2cccc(c2)-c2cc3cc(ccc3cn2)C(C)OC(=O)C2CCCN(N2)C1=O. The van der Waals surface area contributed by atoms with E-state index >= 15 is 0 Å². The quantitative estimate of drug-likeness (QED) is 0.383. The Kier molecular flexibility index (Phi) is 8.54. The summed E-state index contributed by atoms with van der Waals surface area (Å²) in [5.74, 6) is -1.79. The topological polar surface area (TPSA) is 130 Å². The second-order valence-electron chi connectivity index (χ2n) is 11.5. The van der Waals surface area contributed by atoms with Crippen LogP contribution in [-0.2, 0) is 30.3 Å². The number of nitrogens with zero attached hydrogens (tertiary/aromatic N) is 2. The number of cyclic esters (lactones) is 1. The molecule has 0 radical (unpaired) electrons. The summed E-state index contributed by atoms with van der Waals surface area (Å²) >= 11 is 0. The van der Waals surface area contributed by atoms with Crippen LogP contribution in [0, 0.1) is 5.92 Å². The van der Waals surface area contributed by atoms with Gasteiger partial charge >= 0.3 is 5.97 Å². The third kappa shape index (κ3) is 6.44. The van der Waals surface area contributed by atoms with Gasteiger partial charge in [-0.05, 0) is 67.3 Å². The summed E-state index contributed by atoms with van der Waals surface area (Å²) in [5, 5.41) is 8.85. The number of fused-ring (bicyclic) bond motifs is 7. The van der Waals surface area contributed by atoms with Gasteiger partial charge < -0.3 is 15.4 Å². The van der Waals surface area contributed by atoms with Gasteiger partial charge in [0.25, 0.3) is 5.91 Å². The zero-order valence-corrected chi connectivity index (χ0v) is 24.3. The maximum Gasteiger partial charge on any atom is 0.325 e. The van der Waals surface area contributed by atoms with E-state index in [0.29, 0.717) is 19.4 Å². The summed E-state index contributed by atoms with van der Waals surface area (Å²) in [7, 11) is 0. The van der Waals surface area contributed by atoms with Crippen molar-refractivity contribution in [3.8, 4) is 11.3 Å². The molecule has 4 atom stereocenters. The summed E-state index contributed by atoms with van der Waals surface area (Å²) in [6, 6.07) is 13.0. The molecule has 10 nitrogen and oxygen atoms in total. The van der Waals surface area contributed by atoms with Crippen molar-refractivity contribution in [3.63, 3.8) is 0 Å². The monoisotopic (exact) mass is 571 g/mol. The van der Waals surface area contributed by atoms with Crippen molar-refractivity contribution in [2.24, 2.45) is 5.92 Å². The summed E-state index contributed by atoms with van der Waals surface area (Å²) in [5.41, 5.74) is 6.21. The molecule has 0 spiro atoms. The van der Waals surface area contributed by atoms with Gasteiger partial charge in [0.1, 0.15) is 24.2 Å². The van der Waals surface area contributed by atoms with E-state index in [9.17, 15) is 19.2 Å². The number of hydrogen-bond donors (Lipinski definition) is 3. The van der Waals surface area contributed by atoms with Gasteiger partial charge in [-0.15, -0.1) is 0 Å². The maximum absolute atomic E-state index is 13.2. The molecule has 3 N–H and O–H groups in total. The Bertz CT molecular complexity index is 1520. The van der Waals surface area contributed by atoms with E-state index in [1.165, 1.54) is 5.01 Å². The summed E-state index contributed by atoms with van der Waals surface area (Å²) < 4.78 is 5.83. The van der Waals surface area contributed by atoms with Crippen LogP contribution in [0.4, 0.5) is 0 Å². The van der Waals surface area contributed by atoms with Crippen molar-refractivity contribution in [2.75, 3.05) is 6.54 Å². The van der Waals surface area contributed by atoms with Crippen molar-refractivity contribution in [1.29, 1.82) is 0 Å². The fraction of sp³-hybridized carbons (Fsp3) is 0.406. The number of nitrogens with one attached hydrogen (secondary N) is 3. The number of hydrogen-bond acceptors (Lipinski definition) is 7. The van der Waals surface area contributed by atoms with Crippen LogP contribution in [0.1, 0.15) is 57.8 Å². The normalized spacial score (nSPS) is 24.2. The number of rotatable bonds is 1. The molecule has 220 valence electrons. The van der Waals surface area contributed by atoms with Crippen LogP contribution in [0.5, 0.6) is 0 Å². The Morgan fingerprint density at radius 2 is 1.79 bits per heavy atom. The molecule has 42 heavy (non-hydrogen) atoms. The van der Waals surface area contributed by atoms with E-state index in [2.05, 4.69) is 21.0 Å². The van der Waals surface area contributed by atoms with Gasteiger partial charge in [-0.2, -0.15) is 0 Å². The van der Waals surface area contributed by atoms with Crippen molar-refractivity contribution >= 4 is 34.5 Å². The van der Waals surface area contributed by atoms with Gasteiger partial charge in [0.05, 0.1) is 12.1 Å². The Morgan fingerprint density at radius 3 is 2.57 bits per heavy atom. The van der Waals surface area contributed by atoms with Gasteiger partial charge in [0.2, 0.25) is 11.8 Å². The van der Waals surface area contributed by atoms with Gasteiger partial charge in [-0.25, -0.2) is 5.43 Å². The van der Waals surface area contributed by atoms with Crippen LogP contribution in [-0.4, -0.2) is 58.4 Å². The number of esters is 1.